The number of aliphatic hydroxyl groups is 1. The summed E-state index contributed by atoms with van der Waals surface area (Å²) in [5, 5.41) is 8.91. The number of rotatable bonds is 3. The van der Waals surface area contributed by atoms with Crippen molar-refractivity contribution >= 4 is 5.69 Å². The fraction of sp³-hybridized carbons (Fsp3) is 0.357. The molecule has 18 heavy (non-hydrogen) atoms. The van der Waals surface area contributed by atoms with Crippen molar-refractivity contribution in [3.63, 3.8) is 0 Å². The predicted molar refractivity (Wildman–Crippen MR) is 70.4 cm³/mol. The Labute approximate surface area is 125 Å². The van der Waals surface area contributed by atoms with E-state index < -0.39 is 0 Å². The van der Waals surface area contributed by atoms with E-state index in [1.165, 1.54) is 22.4 Å². The summed E-state index contributed by atoms with van der Waals surface area (Å²) in [4.78, 5) is 4.10. The van der Waals surface area contributed by atoms with Crippen molar-refractivity contribution in [2.75, 3.05) is 18.1 Å². The molecule has 0 bridgehead atoms. The van der Waals surface area contributed by atoms with Crippen LogP contribution in [0.15, 0.2) is 24.5 Å². The third-order valence-electron chi connectivity index (χ3n) is 2.94. The van der Waals surface area contributed by atoms with Crippen LogP contribution in [0.1, 0.15) is 16.7 Å². The Kier molecular flexibility index (Phi) is 5.48. The molecular weight excluding hydrogens is 409 g/mol. The Morgan fingerprint density at radius 3 is 2.28 bits per heavy atom. The first-order chi connectivity index (χ1) is 8.11. The van der Waals surface area contributed by atoms with Gasteiger partial charge in [0.05, 0.1) is 6.61 Å². The number of benzene rings is 1. The van der Waals surface area contributed by atoms with E-state index in [0.717, 1.165) is 0 Å². The second kappa shape index (κ2) is 6.43. The van der Waals surface area contributed by atoms with Crippen molar-refractivity contribution in [3.8, 4) is 0 Å². The minimum Gasteiger partial charge on any atom is -0.506 e. The fourth-order valence-electron chi connectivity index (χ4n) is 2.35. The zero-order chi connectivity index (χ0) is 12.4. The van der Waals surface area contributed by atoms with Gasteiger partial charge in [-0.1, -0.05) is 17.7 Å². The summed E-state index contributed by atoms with van der Waals surface area (Å²) >= 11 is 0. The molecule has 1 N–H and O–H groups in total. The third kappa shape index (κ3) is 3.18. The molecule has 0 saturated heterocycles. The van der Waals surface area contributed by atoms with Crippen molar-refractivity contribution in [3.05, 3.63) is 47.9 Å². The Morgan fingerprint density at radius 1 is 1.11 bits per heavy atom. The summed E-state index contributed by atoms with van der Waals surface area (Å²) in [5.41, 5.74) is 5.06. The molecule has 1 heterocycles. The molecule has 0 aliphatic carbocycles. The van der Waals surface area contributed by atoms with Crippen molar-refractivity contribution in [1.29, 1.82) is 0 Å². The van der Waals surface area contributed by atoms with Crippen LogP contribution in [0.5, 0.6) is 0 Å². The van der Waals surface area contributed by atoms with Gasteiger partial charge in [-0.15, -0.1) is 0 Å². The van der Waals surface area contributed by atoms with Crippen LogP contribution in [0, 0.1) is 27.4 Å². The van der Waals surface area contributed by atoms with Gasteiger partial charge in [0.25, 0.3) is 0 Å². The maximum atomic E-state index is 8.91. The zero-order valence-corrected chi connectivity index (χ0v) is 13.1. The number of β-amino-alcohol motifs (C(OH)–C–C–N with tert-alkyl or cyclic N) is 1. The standard InChI is InChI=1S/C14H19N2O.Au/c1-11-8-12(2)14(13(3)9-11)16-5-4-15(10-16)6-7-17;/h4-5,8-10,17H,6-7H2,1-3H3;/q-1;+1. The molecule has 0 spiro atoms. The van der Waals surface area contributed by atoms with Crippen LogP contribution in [0.2, 0.25) is 0 Å². The molecule has 102 valence electrons. The van der Waals surface area contributed by atoms with E-state index in [1.54, 1.807) is 0 Å². The molecule has 1 aromatic carbocycles. The van der Waals surface area contributed by atoms with Crippen molar-refractivity contribution in [2.45, 2.75) is 20.8 Å². The van der Waals surface area contributed by atoms with Crippen LogP contribution in [-0.4, -0.2) is 23.2 Å². The molecule has 0 fully saturated rings. The SMILES string of the molecule is Cc1cc(C)c(N2C=CN(CCO)[CH-]2)c(C)c1.[Au+]. The van der Waals surface area contributed by atoms with Gasteiger partial charge in [0, 0.05) is 12.2 Å². The fourth-order valence-corrected chi connectivity index (χ4v) is 2.35. The first-order valence-corrected chi connectivity index (χ1v) is 5.88. The van der Waals surface area contributed by atoms with Gasteiger partial charge >= 0.3 is 22.4 Å². The average Bonchev–Trinajstić information content (AvgIpc) is 2.65. The van der Waals surface area contributed by atoms with Gasteiger partial charge in [-0.3, -0.25) is 0 Å². The first kappa shape index (κ1) is 15.3. The Morgan fingerprint density at radius 2 is 1.72 bits per heavy atom. The largest absolute Gasteiger partial charge is 1.00 e. The van der Waals surface area contributed by atoms with Crippen molar-refractivity contribution in [2.24, 2.45) is 0 Å². The summed E-state index contributed by atoms with van der Waals surface area (Å²) < 4.78 is 0. The maximum Gasteiger partial charge on any atom is 1.00 e. The molecule has 1 aliphatic heterocycles. The van der Waals surface area contributed by atoms with Crippen LogP contribution in [0.4, 0.5) is 5.69 Å². The van der Waals surface area contributed by atoms with Crippen molar-refractivity contribution in [1.82, 2.24) is 4.90 Å². The summed E-state index contributed by atoms with van der Waals surface area (Å²) in [6.45, 7) is 9.20. The Bertz CT molecular complexity index is 422. The maximum absolute atomic E-state index is 8.91. The van der Waals surface area contributed by atoms with Crippen LogP contribution < -0.4 is 4.90 Å². The topological polar surface area (TPSA) is 26.7 Å². The van der Waals surface area contributed by atoms with E-state index in [1.807, 2.05) is 24.0 Å². The Hall–Kier alpha value is -0.740. The van der Waals surface area contributed by atoms with E-state index in [2.05, 4.69) is 37.8 Å². The van der Waals surface area contributed by atoms with Gasteiger partial charge in [0.15, 0.2) is 0 Å². The normalized spacial score (nSPS) is 14.0. The van der Waals surface area contributed by atoms with Gasteiger partial charge in [-0.25, -0.2) is 0 Å². The first-order valence-electron chi connectivity index (χ1n) is 5.88. The van der Waals surface area contributed by atoms with Gasteiger partial charge in [-0.2, -0.15) is 6.67 Å². The molecule has 0 radical (unpaired) electrons. The zero-order valence-electron chi connectivity index (χ0n) is 10.9. The van der Waals surface area contributed by atoms with E-state index >= 15 is 0 Å². The predicted octanol–water partition coefficient (Wildman–Crippen LogP) is 2.31. The second-order valence-electron chi connectivity index (χ2n) is 4.53. The molecule has 0 saturated carbocycles. The van der Waals surface area contributed by atoms with Gasteiger partial charge in [0.2, 0.25) is 0 Å². The molecule has 1 aliphatic rings. The summed E-state index contributed by atoms with van der Waals surface area (Å²) in [7, 11) is 0. The number of aryl methyl sites for hydroxylation is 3. The van der Waals surface area contributed by atoms with Crippen LogP contribution >= 0.6 is 0 Å². The van der Waals surface area contributed by atoms with Gasteiger partial charge < -0.3 is 14.9 Å². The average molecular weight is 428 g/mol. The molecule has 0 amide bonds. The Balaban J connectivity index is 0.00000162. The van der Waals surface area contributed by atoms with Crippen LogP contribution in [-0.2, 0) is 22.4 Å². The van der Waals surface area contributed by atoms with E-state index in [9.17, 15) is 0 Å². The van der Waals surface area contributed by atoms with Crippen molar-refractivity contribution < 1.29 is 27.5 Å². The minimum absolute atomic E-state index is 0. The van der Waals surface area contributed by atoms with Gasteiger partial charge in [-0.05, 0) is 44.3 Å². The summed E-state index contributed by atoms with van der Waals surface area (Å²) in [6.07, 6.45) is 4.01. The third-order valence-corrected chi connectivity index (χ3v) is 2.94. The molecule has 0 aromatic heterocycles. The quantitative estimate of drug-likeness (QED) is 0.592. The number of hydrogen-bond acceptors (Lipinski definition) is 3. The summed E-state index contributed by atoms with van der Waals surface area (Å²) in [6, 6.07) is 4.39. The molecule has 0 atom stereocenters. The van der Waals surface area contributed by atoms with E-state index in [0.29, 0.717) is 6.54 Å². The number of hydrogen-bond donors (Lipinski definition) is 1. The molecule has 2 rings (SSSR count). The van der Waals surface area contributed by atoms with Crippen LogP contribution in [0.25, 0.3) is 0 Å². The number of aliphatic hydroxyl groups excluding tert-OH is 1. The van der Waals surface area contributed by atoms with Crippen LogP contribution in [0.3, 0.4) is 0 Å². The second-order valence-corrected chi connectivity index (χ2v) is 4.53. The molecule has 1 aromatic rings. The number of nitrogens with zero attached hydrogens (tertiary/aromatic N) is 2. The molecule has 0 unspecified atom stereocenters. The minimum atomic E-state index is 0. The molecule has 4 heteroatoms. The van der Waals surface area contributed by atoms with E-state index in [4.69, 9.17) is 5.11 Å². The number of anilines is 1. The summed E-state index contributed by atoms with van der Waals surface area (Å²) in [5.74, 6) is 0. The molecular formula is C14H19AuN2O. The smallest absolute Gasteiger partial charge is 0.506 e. The monoisotopic (exact) mass is 428 g/mol. The van der Waals surface area contributed by atoms with Gasteiger partial charge in [0.1, 0.15) is 0 Å². The van der Waals surface area contributed by atoms with E-state index in [-0.39, 0.29) is 29.0 Å². The molecule has 3 nitrogen and oxygen atoms in total.